The smallest absolute Gasteiger partial charge is 0.326 e. The molecule has 0 unspecified atom stereocenters. The maximum atomic E-state index is 13.2. The normalized spacial score (nSPS) is 13.3. The third-order valence-electron chi connectivity index (χ3n) is 4.66. The second-order valence-electron chi connectivity index (χ2n) is 7.78. The summed E-state index contributed by atoms with van der Waals surface area (Å²) in [6.45, 7) is 10.6. The molecule has 0 spiro atoms. The standard InChI is InChI=1S/C18H27F2NO4Si/c1-18(2,3)26(4,5)25-9-8-15(17(23)24)21-16(22)11-12-6-7-13(19)14(20)10-12/h6-7,10,15H,8-9,11H2,1-5H3,(H,21,22)(H,23,24)/t15-/m1/s1. The van der Waals surface area contributed by atoms with Crippen LogP contribution in [0.25, 0.3) is 0 Å². The molecule has 0 radical (unpaired) electrons. The molecule has 2 N–H and O–H groups in total. The molecule has 1 amide bonds. The molecule has 0 fully saturated rings. The second kappa shape index (κ2) is 8.72. The molecule has 0 heterocycles. The average Bonchev–Trinajstić information content (AvgIpc) is 2.48. The van der Waals surface area contributed by atoms with Crippen molar-refractivity contribution in [3.8, 4) is 0 Å². The number of hydrogen-bond donors (Lipinski definition) is 2. The Labute approximate surface area is 153 Å². The molecule has 0 aromatic heterocycles. The summed E-state index contributed by atoms with van der Waals surface area (Å²) in [6.07, 6.45) is -0.102. The second-order valence-corrected chi connectivity index (χ2v) is 12.6. The lowest BCUT2D eigenvalue weighted by atomic mass is 10.1. The molecular weight excluding hydrogens is 360 g/mol. The van der Waals surface area contributed by atoms with Crippen molar-refractivity contribution in [2.45, 2.75) is 57.8 Å². The first-order chi connectivity index (χ1) is 11.8. The summed E-state index contributed by atoms with van der Waals surface area (Å²) in [5.74, 6) is -3.79. The predicted octanol–water partition coefficient (Wildman–Crippen LogP) is 3.49. The van der Waals surface area contributed by atoms with Crippen LogP contribution < -0.4 is 5.32 Å². The van der Waals surface area contributed by atoms with Crippen LogP contribution in [0.5, 0.6) is 0 Å². The Kier molecular flexibility index (Phi) is 7.46. The van der Waals surface area contributed by atoms with E-state index in [0.29, 0.717) is 0 Å². The summed E-state index contributed by atoms with van der Waals surface area (Å²) in [5.41, 5.74) is 0.267. The van der Waals surface area contributed by atoms with Crippen molar-refractivity contribution in [3.63, 3.8) is 0 Å². The Morgan fingerprint density at radius 2 is 1.85 bits per heavy atom. The number of amides is 1. The van der Waals surface area contributed by atoms with Crippen molar-refractivity contribution in [3.05, 3.63) is 35.4 Å². The van der Waals surface area contributed by atoms with Gasteiger partial charge in [-0.3, -0.25) is 4.79 Å². The van der Waals surface area contributed by atoms with E-state index in [1.165, 1.54) is 6.07 Å². The van der Waals surface area contributed by atoms with E-state index in [1.54, 1.807) is 0 Å². The first-order valence-electron chi connectivity index (χ1n) is 8.43. The van der Waals surface area contributed by atoms with Crippen LogP contribution in [0.3, 0.4) is 0 Å². The largest absolute Gasteiger partial charge is 0.480 e. The molecule has 1 aromatic rings. The van der Waals surface area contributed by atoms with E-state index in [0.717, 1.165) is 12.1 Å². The van der Waals surface area contributed by atoms with E-state index in [4.69, 9.17) is 4.43 Å². The molecule has 1 aromatic carbocycles. The summed E-state index contributed by atoms with van der Waals surface area (Å²) in [6, 6.07) is 2.04. The fraction of sp³-hybridized carbons (Fsp3) is 0.556. The minimum atomic E-state index is -2.00. The van der Waals surface area contributed by atoms with Gasteiger partial charge in [-0.1, -0.05) is 26.8 Å². The molecule has 0 aliphatic carbocycles. The van der Waals surface area contributed by atoms with Crippen molar-refractivity contribution >= 4 is 20.2 Å². The highest BCUT2D eigenvalue weighted by Crippen LogP contribution is 2.36. The van der Waals surface area contributed by atoms with E-state index < -0.39 is 37.9 Å². The third kappa shape index (κ3) is 6.49. The highest BCUT2D eigenvalue weighted by molar-refractivity contribution is 6.74. The van der Waals surface area contributed by atoms with Crippen LogP contribution in [0.2, 0.25) is 18.1 Å². The van der Waals surface area contributed by atoms with E-state index in [2.05, 4.69) is 39.2 Å². The van der Waals surface area contributed by atoms with Crippen molar-refractivity contribution in [2.24, 2.45) is 0 Å². The third-order valence-corrected chi connectivity index (χ3v) is 9.20. The molecule has 0 aliphatic rings. The summed E-state index contributed by atoms with van der Waals surface area (Å²) in [5, 5.41) is 11.7. The van der Waals surface area contributed by atoms with Gasteiger partial charge in [-0.2, -0.15) is 0 Å². The van der Waals surface area contributed by atoms with Gasteiger partial charge in [0, 0.05) is 13.0 Å². The Balaban J connectivity index is 2.60. The first-order valence-corrected chi connectivity index (χ1v) is 11.3. The van der Waals surface area contributed by atoms with Gasteiger partial charge in [-0.05, 0) is 35.8 Å². The molecule has 0 aliphatic heterocycles. The lowest BCUT2D eigenvalue weighted by Gasteiger charge is -2.36. The zero-order valence-electron chi connectivity index (χ0n) is 15.9. The number of aliphatic carboxylic acids is 1. The maximum Gasteiger partial charge on any atom is 0.326 e. The maximum absolute atomic E-state index is 13.2. The lowest BCUT2D eigenvalue weighted by Crippen LogP contribution is -2.45. The van der Waals surface area contributed by atoms with Gasteiger partial charge < -0.3 is 14.8 Å². The van der Waals surface area contributed by atoms with Gasteiger partial charge in [0.25, 0.3) is 0 Å². The molecule has 8 heteroatoms. The van der Waals surface area contributed by atoms with Crippen LogP contribution in [0.15, 0.2) is 18.2 Å². The molecule has 0 saturated heterocycles. The van der Waals surface area contributed by atoms with Gasteiger partial charge in [-0.15, -0.1) is 0 Å². The molecule has 26 heavy (non-hydrogen) atoms. The predicted molar refractivity (Wildman–Crippen MR) is 97.4 cm³/mol. The van der Waals surface area contributed by atoms with Gasteiger partial charge in [0.1, 0.15) is 6.04 Å². The van der Waals surface area contributed by atoms with Crippen LogP contribution in [0.1, 0.15) is 32.8 Å². The molecule has 0 saturated carbocycles. The number of carbonyl (C=O) groups excluding carboxylic acids is 1. The number of carboxylic acid groups (broad SMARTS) is 1. The summed E-state index contributed by atoms with van der Waals surface area (Å²) >= 11 is 0. The summed E-state index contributed by atoms with van der Waals surface area (Å²) in [4.78, 5) is 23.4. The van der Waals surface area contributed by atoms with E-state index in [1.807, 2.05) is 0 Å². The van der Waals surface area contributed by atoms with Crippen molar-refractivity contribution in [1.29, 1.82) is 0 Å². The topological polar surface area (TPSA) is 75.6 Å². The van der Waals surface area contributed by atoms with Crippen molar-refractivity contribution in [2.75, 3.05) is 6.61 Å². The molecule has 146 valence electrons. The van der Waals surface area contributed by atoms with Gasteiger partial charge in [0.2, 0.25) is 5.91 Å². The lowest BCUT2D eigenvalue weighted by molar-refractivity contribution is -0.142. The van der Waals surface area contributed by atoms with Crippen LogP contribution in [-0.4, -0.2) is 37.9 Å². The Bertz CT molecular complexity index is 659. The number of carboxylic acids is 1. The van der Waals surface area contributed by atoms with Crippen LogP contribution in [0, 0.1) is 11.6 Å². The molecule has 5 nitrogen and oxygen atoms in total. The van der Waals surface area contributed by atoms with Gasteiger partial charge in [-0.25, -0.2) is 13.6 Å². The zero-order chi connectivity index (χ0) is 20.1. The van der Waals surface area contributed by atoms with Crippen molar-refractivity contribution in [1.82, 2.24) is 5.32 Å². The summed E-state index contributed by atoms with van der Waals surface area (Å²) < 4.78 is 32.0. The highest BCUT2D eigenvalue weighted by Gasteiger charge is 2.37. The van der Waals surface area contributed by atoms with E-state index >= 15 is 0 Å². The van der Waals surface area contributed by atoms with Crippen LogP contribution in [0.4, 0.5) is 8.78 Å². The Hall–Kier alpha value is -1.80. The number of hydrogen-bond acceptors (Lipinski definition) is 3. The van der Waals surface area contributed by atoms with Crippen LogP contribution >= 0.6 is 0 Å². The Morgan fingerprint density at radius 3 is 2.35 bits per heavy atom. The number of carbonyl (C=O) groups is 2. The first kappa shape index (κ1) is 22.2. The SMILES string of the molecule is CC(C)(C)[Si](C)(C)OCC[C@@H](NC(=O)Cc1ccc(F)c(F)c1)C(=O)O. The molecule has 1 rings (SSSR count). The van der Waals surface area contributed by atoms with Crippen molar-refractivity contribution < 1.29 is 27.9 Å². The van der Waals surface area contributed by atoms with E-state index in [9.17, 15) is 23.5 Å². The van der Waals surface area contributed by atoms with Gasteiger partial charge in [0.15, 0.2) is 20.0 Å². The number of benzene rings is 1. The van der Waals surface area contributed by atoms with Gasteiger partial charge >= 0.3 is 5.97 Å². The molecule has 0 bridgehead atoms. The average molecular weight is 387 g/mol. The Morgan fingerprint density at radius 1 is 1.23 bits per heavy atom. The number of rotatable bonds is 8. The molecule has 1 atom stereocenters. The number of halogens is 2. The quantitative estimate of drug-likeness (QED) is 0.670. The monoisotopic (exact) mass is 387 g/mol. The fourth-order valence-electron chi connectivity index (χ4n) is 1.99. The molecular formula is C18H27F2NO4Si. The van der Waals surface area contributed by atoms with E-state index in [-0.39, 0.29) is 30.1 Å². The van der Waals surface area contributed by atoms with Crippen LogP contribution in [-0.2, 0) is 20.4 Å². The fourth-order valence-corrected chi connectivity index (χ4v) is 3.05. The summed E-state index contributed by atoms with van der Waals surface area (Å²) in [7, 11) is -2.00. The van der Waals surface area contributed by atoms with Gasteiger partial charge in [0.05, 0.1) is 6.42 Å². The minimum absolute atomic E-state index is 0.00161. The highest BCUT2D eigenvalue weighted by atomic mass is 28.4. The number of nitrogens with one attached hydrogen (secondary N) is 1. The minimum Gasteiger partial charge on any atom is -0.480 e. The zero-order valence-corrected chi connectivity index (χ0v) is 16.9.